The van der Waals surface area contributed by atoms with Crippen molar-refractivity contribution in [3.05, 3.63) is 47.5 Å². The van der Waals surface area contributed by atoms with E-state index in [1.165, 1.54) is 4.70 Å². The van der Waals surface area contributed by atoms with Gasteiger partial charge in [-0.05, 0) is 44.5 Å². The smallest absolute Gasteiger partial charge is 0.193 e. The number of nitrogens with one attached hydrogen (secondary N) is 1. The van der Waals surface area contributed by atoms with Gasteiger partial charge in [0.1, 0.15) is 11.5 Å². The van der Waals surface area contributed by atoms with E-state index in [4.69, 9.17) is 15.2 Å². The summed E-state index contributed by atoms with van der Waals surface area (Å²) in [5.41, 5.74) is 7.88. The van der Waals surface area contributed by atoms with Gasteiger partial charge in [0.15, 0.2) is 5.96 Å². The van der Waals surface area contributed by atoms with Crippen LogP contribution in [-0.2, 0) is 6.42 Å². The molecule has 7 heteroatoms. The molecule has 0 saturated carbocycles. The summed E-state index contributed by atoms with van der Waals surface area (Å²) in [6.07, 6.45) is 1.78. The molecule has 1 heterocycles. The van der Waals surface area contributed by atoms with Gasteiger partial charge in [-0.2, -0.15) is 0 Å². The van der Waals surface area contributed by atoms with Gasteiger partial charge < -0.3 is 20.5 Å². The van der Waals surface area contributed by atoms with E-state index in [2.05, 4.69) is 21.4 Å². The Balaban J connectivity index is 1.56. The third-order valence-corrected chi connectivity index (χ3v) is 5.09. The quantitative estimate of drug-likeness (QED) is 0.316. The highest BCUT2D eigenvalue weighted by Gasteiger charge is 2.07. The van der Waals surface area contributed by atoms with Crippen LogP contribution < -0.4 is 20.5 Å². The average molecular weight is 399 g/mol. The first-order valence-electron chi connectivity index (χ1n) is 9.50. The van der Waals surface area contributed by atoms with Crippen LogP contribution in [0.1, 0.15) is 25.3 Å². The number of fused-ring (bicyclic) bond motifs is 1. The minimum Gasteiger partial charge on any atom is -0.494 e. The summed E-state index contributed by atoms with van der Waals surface area (Å²) >= 11 is 1.74. The van der Waals surface area contributed by atoms with Gasteiger partial charge >= 0.3 is 0 Å². The van der Waals surface area contributed by atoms with E-state index in [0.717, 1.165) is 40.6 Å². The van der Waals surface area contributed by atoms with Crippen LogP contribution in [0.3, 0.4) is 0 Å². The Hall–Kier alpha value is -2.80. The van der Waals surface area contributed by atoms with Gasteiger partial charge in [-0.3, -0.25) is 4.99 Å². The van der Waals surface area contributed by atoms with Crippen LogP contribution in [0, 0.1) is 0 Å². The summed E-state index contributed by atoms with van der Waals surface area (Å²) < 4.78 is 12.4. The maximum atomic E-state index is 6.07. The molecule has 0 spiro atoms. The highest BCUT2D eigenvalue weighted by molar-refractivity contribution is 7.18. The lowest BCUT2D eigenvalue weighted by Gasteiger charge is -2.13. The van der Waals surface area contributed by atoms with E-state index in [1.807, 2.05) is 50.2 Å². The third-order valence-electron chi connectivity index (χ3n) is 3.99. The number of hydrogen-bond donors (Lipinski definition) is 2. The number of thiazole rings is 1. The molecule has 0 amide bonds. The maximum Gasteiger partial charge on any atom is 0.193 e. The van der Waals surface area contributed by atoms with Gasteiger partial charge in [0.05, 0.1) is 34.1 Å². The second-order valence-corrected chi connectivity index (χ2v) is 7.21. The normalized spacial score (nSPS) is 11.6. The minimum absolute atomic E-state index is 0.360. The molecule has 148 valence electrons. The fourth-order valence-corrected chi connectivity index (χ4v) is 3.79. The molecule has 3 rings (SSSR count). The predicted molar refractivity (Wildman–Crippen MR) is 117 cm³/mol. The molecule has 1 aromatic heterocycles. The fourth-order valence-electron chi connectivity index (χ4n) is 2.78. The van der Waals surface area contributed by atoms with Gasteiger partial charge in [0.2, 0.25) is 0 Å². The zero-order valence-corrected chi connectivity index (χ0v) is 17.1. The Morgan fingerprint density at radius 2 is 1.96 bits per heavy atom. The molecular weight excluding hydrogens is 372 g/mol. The van der Waals surface area contributed by atoms with Gasteiger partial charge in [-0.1, -0.05) is 12.1 Å². The van der Waals surface area contributed by atoms with Gasteiger partial charge in [0, 0.05) is 19.0 Å². The summed E-state index contributed by atoms with van der Waals surface area (Å²) in [4.78, 5) is 9.08. The standard InChI is InChI=1S/C21H26N4O2S/c1-3-26-15-11-12-18(27-4-2)17(14-15)25-21(22)23-13-7-10-20-24-16-8-5-6-9-19(16)28-20/h5-6,8-9,11-12,14H,3-4,7,10,13H2,1-2H3,(H3,22,23,25). The van der Waals surface area contributed by atoms with Crippen molar-refractivity contribution in [1.29, 1.82) is 0 Å². The van der Waals surface area contributed by atoms with Crippen molar-refractivity contribution in [2.24, 2.45) is 10.7 Å². The number of nitrogens with two attached hydrogens (primary N) is 1. The Bertz CT molecular complexity index is 906. The third kappa shape index (κ3) is 5.36. The van der Waals surface area contributed by atoms with Crippen LogP contribution in [0.25, 0.3) is 10.2 Å². The number of ether oxygens (including phenoxy) is 2. The molecule has 6 nitrogen and oxygen atoms in total. The lowest BCUT2D eigenvalue weighted by atomic mass is 10.2. The van der Waals surface area contributed by atoms with Gasteiger partial charge in [0.25, 0.3) is 0 Å². The number of para-hydroxylation sites is 1. The molecule has 0 fully saturated rings. The SMILES string of the molecule is CCOc1ccc(OCC)c(NC(N)=NCCCc2nc3ccccc3s2)c1. The van der Waals surface area contributed by atoms with Crippen molar-refractivity contribution in [2.75, 3.05) is 25.1 Å². The molecular formula is C21H26N4O2S. The van der Waals surface area contributed by atoms with Crippen molar-refractivity contribution < 1.29 is 9.47 Å². The zero-order valence-electron chi connectivity index (χ0n) is 16.3. The summed E-state index contributed by atoms with van der Waals surface area (Å²) in [6, 6.07) is 13.8. The van der Waals surface area contributed by atoms with Crippen molar-refractivity contribution in [1.82, 2.24) is 4.98 Å². The fraction of sp³-hybridized carbons (Fsp3) is 0.333. The lowest BCUT2D eigenvalue weighted by Crippen LogP contribution is -2.23. The molecule has 0 atom stereocenters. The monoisotopic (exact) mass is 398 g/mol. The average Bonchev–Trinajstić information content (AvgIpc) is 3.10. The van der Waals surface area contributed by atoms with E-state index in [-0.39, 0.29) is 0 Å². The Morgan fingerprint density at radius 3 is 2.75 bits per heavy atom. The number of guanidine groups is 1. The minimum atomic E-state index is 0.360. The number of nitrogens with zero attached hydrogens (tertiary/aromatic N) is 2. The first-order chi connectivity index (χ1) is 13.7. The molecule has 0 radical (unpaired) electrons. The van der Waals surface area contributed by atoms with Crippen molar-refractivity contribution in [2.45, 2.75) is 26.7 Å². The molecule has 3 N–H and O–H groups in total. The van der Waals surface area contributed by atoms with Crippen LogP contribution >= 0.6 is 11.3 Å². The molecule has 28 heavy (non-hydrogen) atoms. The van der Waals surface area contributed by atoms with E-state index in [9.17, 15) is 0 Å². The molecule has 3 aromatic rings. The van der Waals surface area contributed by atoms with Crippen molar-refractivity contribution in [3.63, 3.8) is 0 Å². The van der Waals surface area contributed by atoms with Crippen LogP contribution in [0.4, 0.5) is 5.69 Å². The molecule has 0 aliphatic heterocycles. The maximum absolute atomic E-state index is 6.07. The molecule has 2 aromatic carbocycles. The topological polar surface area (TPSA) is 81.8 Å². The van der Waals surface area contributed by atoms with Gasteiger partial charge in [-0.25, -0.2) is 4.98 Å². The zero-order chi connectivity index (χ0) is 19.8. The molecule has 0 unspecified atom stereocenters. The number of aliphatic imine (C=N–C) groups is 1. The predicted octanol–water partition coefficient (Wildman–Crippen LogP) is 4.45. The Kier molecular flexibility index (Phi) is 7.08. The summed E-state index contributed by atoms with van der Waals surface area (Å²) in [7, 11) is 0. The second-order valence-electron chi connectivity index (χ2n) is 6.09. The first-order valence-corrected chi connectivity index (χ1v) is 10.3. The summed E-state index contributed by atoms with van der Waals surface area (Å²) in [5, 5.41) is 4.25. The van der Waals surface area contributed by atoms with Crippen LogP contribution in [0.15, 0.2) is 47.5 Å². The number of anilines is 1. The van der Waals surface area contributed by atoms with Gasteiger partial charge in [-0.15, -0.1) is 11.3 Å². The van der Waals surface area contributed by atoms with Crippen LogP contribution in [-0.4, -0.2) is 30.7 Å². The molecule has 0 saturated heterocycles. The Labute approximate surface area is 169 Å². The van der Waals surface area contributed by atoms with E-state index in [0.29, 0.717) is 25.7 Å². The van der Waals surface area contributed by atoms with Crippen molar-refractivity contribution >= 4 is 33.2 Å². The summed E-state index contributed by atoms with van der Waals surface area (Å²) in [6.45, 7) is 5.69. The number of aryl methyl sites for hydroxylation is 1. The van der Waals surface area contributed by atoms with Crippen LogP contribution in [0.2, 0.25) is 0 Å². The van der Waals surface area contributed by atoms with E-state index in [1.54, 1.807) is 11.3 Å². The lowest BCUT2D eigenvalue weighted by molar-refractivity contribution is 0.332. The molecule has 0 aliphatic rings. The number of hydrogen-bond acceptors (Lipinski definition) is 5. The highest BCUT2D eigenvalue weighted by atomic mass is 32.1. The summed E-state index contributed by atoms with van der Waals surface area (Å²) in [5.74, 6) is 1.84. The van der Waals surface area contributed by atoms with Crippen molar-refractivity contribution in [3.8, 4) is 11.5 Å². The first kappa shape index (κ1) is 19.9. The highest BCUT2D eigenvalue weighted by Crippen LogP contribution is 2.29. The van der Waals surface area contributed by atoms with E-state index >= 15 is 0 Å². The number of rotatable bonds is 9. The number of aromatic nitrogens is 1. The van der Waals surface area contributed by atoms with E-state index < -0.39 is 0 Å². The molecule has 0 bridgehead atoms. The Morgan fingerprint density at radius 1 is 1.14 bits per heavy atom. The second kappa shape index (κ2) is 9.94. The van der Waals surface area contributed by atoms with Crippen LogP contribution in [0.5, 0.6) is 11.5 Å². The number of benzene rings is 2. The largest absolute Gasteiger partial charge is 0.494 e. The molecule has 0 aliphatic carbocycles.